The Balaban J connectivity index is 2.34. The minimum atomic E-state index is -2.01. The molecule has 1 heterocycles. The summed E-state index contributed by atoms with van der Waals surface area (Å²) in [6, 6.07) is 5.30. The highest BCUT2D eigenvalue weighted by molar-refractivity contribution is 7.75. The summed E-state index contributed by atoms with van der Waals surface area (Å²) in [4.78, 5) is 26.5. The SMILES string of the molecule is CCCC(=O)N1CC(OS(=O)OCC)C(=O)c2ccc(C)cc21. The molecule has 1 aromatic rings. The minimum Gasteiger partial charge on any atom is -0.309 e. The van der Waals surface area contributed by atoms with Crippen LogP contribution in [-0.2, 0) is 24.5 Å². The fraction of sp³-hybridized carbons (Fsp3) is 0.500. The minimum absolute atomic E-state index is 0.0485. The van der Waals surface area contributed by atoms with Gasteiger partial charge in [0.15, 0.2) is 11.9 Å². The van der Waals surface area contributed by atoms with Crippen LogP contribution in [0.5, 0.6) is 0 Å². The topological polar surface area (TPSA) is 72.9 Å². The summed E-state index contributed by atoms with van der Waals surface area (Å²) in [6.07, 6.45) is 0.0994. The van der Waals surface area contributed by atoms with Gasteiger partial charge < -0.3 is 4.90 Å². The summed E-state index contributed by atoms with van der Waals surface area (Å²) in [5.41, 5.74) is 1.96. The zero-order valence-corrected chi connectivity index (χ0v) is 14.4. The molecule has 7 heteroatoms. The summed E-state index contributed by atoms with van der Waals surface area (Å²) >= 11 is -2.01. The first-order chi connectivity index (χ1) is 11.0. The summed E-state index contributed by atoms with van der Waals surface area (Å²) in [5.74, 6) is -0.365. The van der Waals surface area contributed by atoms with Gasteiger partial charge in [0.05, 0.1) is 18.8 Å². The molecule has 1 aliphatic heterocycles. The molecule has 1 aliphatic rings. The molecule has 23 heavy (non-hydrogen) atoms. The van der Waals surface area contributed by atoms with Crippen LogP contribution in [0, 0.1) is 6.92 Å². The lowest BCUT2D eigenvalue weighted by molar-refractivity contribution is -0.118. The number of aryl methyl sites for hydroxylation is 1. The van der Waals surface area contributed by atoms with Crippen LogP contribution in [0.25, 0.3) is 0 Å². The second-order valence-corrected chi connectivity index (χ2v) is 6.17. The van der Waals surface area contributed by atoms with E-state index in [9.17, 15) is 13.8 Å². The van der Waals surface area contributed by atoms with E-state index in [4.69, 9.17) is 8.37 Å². The van der Waals surface area contributed by atoms with E-state index in [1.54, 1.807) is 24.0 Å². The van der Waals surface area contributed by atoms with E-state index in [1.807, 2.05) is 19.9 Å². The molecule has 2 atom stereocenters. The standard InChI is InChI=1S/C16H21NO5S/c1-4-6-15(18)17-10-14(22-23(20)21-5-2)16(19)12-8-7-11(3)9-13(12)17/h7-9,14H,4-6,10H2,1-3H3. The molecule has 1 aromatic carbocycles. The highest BCUT2D eigenvalue weighted by Crippen LogP contribution is 2.30. The van der Waals surface area contributed by atoms with Gasteiger partial charge in [-0.3, -0.25) is 18.0 Å². The number of hydrogen-bond acceptors (Lipinski definition) is 5. The average Bonchev–Trinajstić information content (AvgIpc) is 2.50. The third kappa shape index (κ3) is 4.04. The highest BCUT2D eigenvalue weighted by atomic mass is 32.2. The van der Waals surface area contributed by atoms with E-state index in [0.29, 0.717) is 24.1 Å². The van der Waals surface area contributed by atoms with Crippen LogP contribution in [0.3, 0.4) is 0 Å². The number of anilines is 1. The number of hydrogen-bond donors (Lipinski definition) is 0. The fourth-order valence-electron chi connectivity index (χ4n) is 2.47. The lowest BCUT2D eigenvalue weighted by atomic mass is 9.96. The van der Waals surface area contributed by atoms with Crippen molar-refractivity contribution < 1.29 is 22.2 Å². The van der Waals surface area contributed by atoms with E-state index in [-0.39, 0.29) is 24.8 Å². The Morgan fingerprint density at radius 1 is 1.39 bits per heavy atom. The molecule has 6 nitrogen and oxygen atoms in total. The summed E-state index contributed by atoms with van der Waals surface area (Å²) in [7, 11) is 0. The third-order valence-electron chi connectivity index (χ3n) is 3.52. The molecule has 126 valence electrons. The van der Waals surface area contributed by atoms with Crippen molar-refractivity contribution in [2.45, 2.75) is 39.7 Å². The predicted molar refractivity (Wildman–Crippen MR) is 87.4 cm³/mol. The van der Waals surface area contributed by atoms with Gasteiger partial charge in [-0.05, 0) is 38.0 Å². The first-order valence-electron chi connectivity index (χ1n) is 7.65. The number of fused-ring (bicyclic) bond motifs is 1. The Bertz CT molecular complexity index is 631. The van der Waals surface area contributed by atoms with Gasteiger partial charge in [-0.15, -0.1) is 0 Å². The number of Topliss-reactive ketones (excluding diaryl/α,β-unsaturated/α-hetero) is 1. The fourth-order valence-corrected chi connectivity index (χ4v) is 3.06. The van der Waals surface area contributed by atoms with Crippen molar-refractivity contribution in [3.05, 3.63) is 29.3 Å². The second kappa shape index (κ2) is 7.81. The lowest BCUT2D eigenvalue weighted by Gasteiger charge is -2.33. The Hall–Kier alpha value is -1.57. The van der Waals surface area contributed by atoms with E-state index < -0.39 is 17.5 Å². The molecule has 0 saturated carbocycles. The zero-order chi connectivity index (χ0) is 17.0. The number of carbonyl (C=O) groups is 2. The molecule has 0 saturated heterocycles. The average molecular weight is 339 g/mol. The van der Waals surface area contributed by atoms with Crippen molar-refractivity contribution in [2.75, 3.05) is 18.1 Å². The summed E-state index contributed by atoms with van der Waals surface area (Å²) < 4.78 is 21.7. The maximum atomic E-state index is 12.5. The van der Waals surface area contributed by atoms with Gasteiger partial charge in [-0.25, -0.2) is 0 Å². The number of benzene rings is 1. The molecule has 0 fully saturated rings. The van der Waals surface area contributed by atoms with Crippen molar-refractivity contribution >= 4 is 28.7 Å². The van der Waals surface area contributed by atoms with Gasteiger partial charge in [0.1, 0.15) is 0 Å². The molecule has 0 aliphatic carbocycles. The second-order valence-electron chi connectivity index (χ2n) is 5.33. The van der Waals surface area contributed by atoms with Crippen molar-refractivity contribution in [1.29, 1.82) is 0 Å². The first kappa shape index (κ1) is 17.8. The van der Waals surface area contributed by atoms with E-state index in [2.05, 4.69) is 0 Å². The van der Waals surface area contributed by atoms with Gasteiger partial charge in [0.2, 0.25) is 5.91 Å². The number of nitrogens with zero attached hydrogens (tertiary/aromatic N) is 1. The quantitative estimate of drug-likeness (QED) is 0.795. The smallest absolute Gasteiger partial charge is 0.305 e. The Morgan fingerprint density at radius 2 is 2.13 bits per heavy atom. The molecular weight excluding hydrogens is 318 g/mol. The molecule has 0 bridgehead atoms. The molecule has 0 spiro atoms. The molecule has 2 rings (SSSR count). The Morgan fingerprint density at radius 3 is 2.78 bits per heavy atom. The van der Waals surface area contributed by atoms with Crippen molar-refractivity contribution in [3.63, 3.8) is 0 Å². The molecule has 0 radical (unpaired) electrons. The van der Waals surface area contributed by atoms with Crippen LogP contribution in [0.1, 0.15) is 42.6 Å². The monoisotopic (exact) mass is 339 g/mol. The molecule has 2 unspecified atom stereocenters. The van der Waals surface area contributed by atoms with Gasteiger partial charge in [0, 0.05) is 12.0 Å². The molecule has 1 amide bonds. The largest absolute Gasteiger partial charge is 0.309 e. The van der Waals surface area contributed by atoms with Crippen LogP contribution in [0.2, 0.25) is 0 Å². The Kier molecular flexibility index (Phi) is 6.04. The summed E-state index contributed by atoms with van der Waals surface area (Å²) in [6.45, 7) is 5.76. The lowest BCUT2D eigenvalue weighted by Crippen LogP contribution is -2.47. The summed E-state index contributed by atoms with van der Waals surface area (Å²) in [5, 5.41) is 0. The van der Waals surface area contributed by atoms with E-state index in [0.717, 1.165) is 5.56 Å². The van der Waals surface area contributed by atoms with Crippen LogP contribution in [-0.4, -0.2) is 35.2 Å². The maximum absolute atomic E-state index is 12.5. The number of ketones is 1. The number of amides is 1. The van der Waals surface area contributed by atoms with E-state index in [1.165, 1.54) is 0 Å². The van der Waals surface area contributed by atoms with Crippen molar-refractivity contribution in [1.82, 2.24) is 0 Å². The molecule has 0 aromatic heterocycles. The predicted octanol–water partition coefficient (Wildman–Crippen LogP) is 2.32. The molecular formula is C16H21NO5S. The number of carbonyl (C=O) groups excluding carboxylic acids is 2. The van der Waals surface area contributed by atoms with Crippen LogP contribution < -0.4 is 4.90 Å². The van der Waals surface area contributed by atoms with Gasteiger partial charge in [-0.2, -0.15) is 4.21 Å². The molecule has 0 N–H and O–H groups in total. The van der Waals surface area contributed by atoms with Crippen LogP contribution in [0.4, 0.5) is 5.69 Å². The highest BCUT2D eigenvalue weighted by Gasteiger charge is 2.36. The van der Waals surface area contributed by atoms with Crippen molar-refractivity contribution in [3.8, 4) is 0 Å². The zero-order valence-electron chi connectivity index (χ0n) is 13.5. The van der Waals surface area contributed by atoms with Crippen molar-refractivity contribution in [2.24, 2.45) is 0 Å². The van der Waals surface area contributed by atoms with Gasteiger partial charge in [-0.1, -0.05) is 13.0 Å². The van der Waals surface area contributed by atoms with Crippen LogP contribution >= 0.6 is 0 Å². The third-order valence-corrected chi connectivity index (χ3v) is 4.34. The number of rotatable bonds is 6. The van der Waals surface area contributed by atoms with E-state index >= 15 is 0 Å². The van der Waals surface area contributed by atoms with Gasteiger partial charge >= 0.3 is 11.4 Å². The Labute approximate surface area is 138 Å². The van der Waals surface area contributed by atoms with Crippen LogP contribution in [0.15, 0.2) is 18.2 Å². The maximum Gasteiger partial charge on any atom is 0.305 e. The van der Waals surface area contributed by atoms with Gasteiger partial charge in [0.25, 0.3) is 0 Å². The normalized spacial score (nSPS) is 18.7. The first-order valence-corrected chi connectivity index (χ1v) is 8.65.